The maximum absolute atomic E-state index is 10.6. The molecule has 10 heteroatoms. The fourth-order valence-corrected chi connectivity index (χ4v) is 2.72. The second-order valence-corrected chi connectivity index (χ2v) is 7.63. The van der Waals surface area contributed by atoms with E-state index in [-0.39, 0.29) is 0 Å². The highest BCUT2D eigenvalue weighted by atomic mass is 32.2. The van der Waals surface area contributed by atoms with Gasteiger partial charge in [-0.05, 0) is 33.8 Å². The van der Waals surface area contributed by atoms with E-state index in [1.807, 2.05) is 4.90 Å². The third-order valence-corrected chi connectivity index (χ3v) is 3.52. The molecule has 4 unspecified atom stereocenters. The highest BCUT2D eigenvalue weighted by Gasteiger charge is 2.13. The molecule has 0 aromatic heterocycles. The predicted octanol–water partition coefficient (Wildman–Crippen LogP) is -1.00. The molecule has 0 aromatic carbocycles. The molecule has 0 spiro atoms. The summed E-state index contributed by atoms with van der Waals surface area (Å²) in [6.45, 7) is 11.2. The molecule has 1 amide bonds. The first-order valence-corrected chi connectivity index (χ1v) is 9.52. The summed E-state index contributed by atoms with van der Waals surface area (Å²) in [4.78, 5) is 12.4. The van der Waals surface area contributed by atoms with Gasteiger partial charge < -0.3 is 20.6 Å². The Morgan fingerprint density at radius 2 is 1.40 bits per heavy atom. The Morgan fingerprint density at radius 3 is 1.64 bits per heavy atom. The molecule has 0 bridgehead atoms. The minimum Gasteiger partial charge on any atom is -0.392 e. The minimum atomic E-state index is -4.03. The van der Waals surface area contributed by atoms with E-state index in [0.29, 0.717) is 19.6 Å². The first-order chi connectivity index (χ1) is 11.3. The van der Waals surface area contributed by atoms with Crippen molar-refractivity contribution in [1.29, 1.82) is 0 Å². The molecule has 0 aliphatic heterocycles. The van der Waals surface area contributed by atoms with Crippen LogP contribution in [0.4, 0.5) is 0 Å². The van der Waals surface area contributed by atoms with Crippen LogP contribution in [0.1, 0.15) is 27.7 Å². The van der Waals surface area contributed by atoms with Gasteiger partial charge in [0.1, 0.15) is 0 Å². The van der Waals surface area contributed by atoms with Crippen molar-refractivity contribution >= 4 is 16.0 Å². The SMILES string of the molecule is C=CC(=O)NC(C)CS(=O)(=O)O.CC(O)CN(CC(C)O)CC(C)O. The number of aliphatic hydroxyl groups excluding tert-OH is 3. The highest BCUT2D eigenvalue weighted by molar-refractivity contribution is 7.85. The van der Waals surface area contributed by atoms with Crippen LogP contribution in [0.2, 0.25) is 0 Å². The van der Waals surface area contributed by atoms with Crippen molar-refractivity contribution in [3.63, 3.8) is 0 Å². The molecule has 0 radical (unpaired) electrons. The summed E-state index contributed by atoms with van der Waals surface area (Å²) in [5.41, 5.74) is 0. The zero-order chi connectivity index (χ0) is 20.2. The second-order valence-electron chi connectivity index (χ2n) is 6.13. The molecule has 25 heavy (non-hydrogen) atoms. The number of rotatable bonds is 10. The van der Waals surface area contributed by atoms with Gasteiger partial charge in [-0.2, -0.15) is 8.42 Å². The highest BCUT2D eigenvalue weighted by Crippen LogP contribution is 1.97. The van der Waals surface area contributed by atoms with E-state index in [9.17, 15) is 13.2 Å². The van der Waals surface area contributed by atoms with E-state index in [4.69, 9.17) is 19.9 Å². The summed E-state index contributed by atoms with van der Waals surface area (Å²) >= 11 is 0. The van der Waals surface area contributed by atoms with Crippen LogP contribution in [0.25, 0.3) is 0 Å². The van der Waals surface area contributed by atoms with Crippen LogP contribution in [0, 0.1) is 0 Å². The van der Waals surface area contributed by atoms with E-state index in [1.54, 1.807) is 20.8 Å². The standard InChI is InChI=1S/C9H21NO3.C6H11NO4S/c1-7(11)4-10(5-8(2)12)6-9(3)13;1-3-6(8)7-5(2)4-12(9,10)11/h7-9,11-13H,4-6H2,1-3H3;3,5H,1,4H2,2H3,(H,7,8)(H,9,10,11). The molecule has 4 atom stereocenters. The molecule has 0 aromatic rings. The van der Waals surface area contributed by atoms with Crippen LogP contribution in [-0.4, -0.2) is 88.8 Å². The molecule has 0 fully saturated rings. The number of nitrogens with zero attached hydrogens (tertiary/aromatic N) is 1. The van der Waals surface area contributed by atoms with E-state index in [0.717, 1.165) is 6.08 Å². The van der Waals surface area contributed by atoms with Crippen molar-refractivity contribution < 1.29 is 33.1 Å². The average Bonchev–Trinajstić information content (AvgIpc) is 2.34. The topological polar surface area (TPSA) is 147 Å². The molecular formula is C15H32N2O7S. The van der Waals surface area contributed by atoms with Gasteiger partial charge in [0.2, 0.25) is 5.91 Å². The van der Waals surface area contributed by atoms with Gasteiger partial charge in [0.15, 0.2) is 0 Å². The Balaban J connectivity index is 0. The molecule has 150 valence electrons. The van der Waals surface area contributed by atoms with Crippen LogP contribution in [0.5, 0.6) is 0 Å². The van der Waals surface area contributed by atoms with E-state index in [1.165, 1.54) is 6.92 Å². The minimum absolute atomic E-state index is 0.433. The molecular weight excluding hydrogens is 352 g/mol. The second kappa shape index (κ2) is 13.2. The normalized spacial score (nSPS) is 16.2. The zero-order valence-electron chi connectivity index (χ0n) is 15.3. The monoisotopic (exact) mass is 384 g/mol. The van der Waals surface area contributed by atoms with Crippen LogP contribution in [0.15, 0.2) is 12.7 Å². The van der Waals surface area contributed by atoms with Gasteiger partial charge in [-0.15, -0.1) is 0 Å². The summed E-state index contributed by atoms with van der Waals surface area (Å²) < 4.78 is 28.9. The molecule has 0 saturated heterocycles. The number of hydrogen-bond acceptors (Lipinski definition) is 7. The summed E-state index contributed by atoms with van der Waals surface area (Å²) in [5.74, 6) is -0.960. The van der Waals surface area contributed by atoms with Crippen molar-refractivity contribution in [3.8, 4) is 0 Å². The van der Waals surface area contributed by atoms with Gasteiger partial charge in [-0.25, -0.2) is 0 Å². The summed E-state index contributed by atoms with van der Waals surface area (Å²) in [6.07, 6.45) is -0.270. The third-order valence-electron chi connectivity index (χ3n) is 2.60. The Morgan fingerprint density at radius 1 is 1.04 bits per heavy atom. The molecule has 0 aliphatic carbocycles. The summed E-state index contributed by atoms with van der Waals surface area (Å²) in [5, 5.41) is 29.7. The van der Waals surface area contributed by atoms with Crippen LogP contribution in [0.3, 0.4) is 0 Å². The van der Waals surface area contributed by atoms with Gasteiger partial charge in [0.05, 0.1) is 24.1 Å². The fraction of sp³-hybridized carbons (Fsp3) is 0.800. The number of carbonyl (C=O) groups is 1. The maximum atomic E-state index is 10.6. The summed E-state index contributed by atoms with van der Waals surface area (Å²) in [7, 11) is -4.03. The Hall–Kier alpha value is -1.04. The third kappa shape index (κ3) is 20.9. The van der Waals surface area contributed by atoms with Gasteiger partial charge in [-0.3, -0.25) is 14.2 Å². The quantitative estimate of drug-likeness (QED) is 0.238. The summed E-state index contributed by atoms with van der Waals surface area (Å²) in [6, 6.07) is -0.620. The number of aliphatic hydroxyl groups is 3. The van der Waals surface area contributed by atoms with Crippen molar-refractivity contribution in [2.24, 2.45) is 0 Å². The maximum Gasteiger partial charge on any atom is 0.266 e. The lowest BCUT2D eigenvalue weighted by molar-refractivity contribution is -0.116. The lowest BCUT2D eigenvalue weighted by Crippen LogP contribution is -2.40. The average molecular weight is 384 g/mol. The lowest BCUT2D eigenvalue weighted by Gasteiger charge is -2.25. The molecule has 9 nitrogen and oxygen atoms in total. The first-order valence-electron chi connectivity index (χ1n) is 7.91. The van der Waals surface area contributed by atoms with Crippen LogP contribution in [-0.2, 0) is 14.9 Å². The van der Waals surface area contributed by atoms with E-state index in [2.05, 4.69) is 11.9 Å². The molecule has 0 aliphatic rings. The van der Waals surface area contributed by atoms with Crippen molar-refractivity contribution in [3.05, 3.63) is 12.7 Å². The Bertz CT molecular complexity index is 454. The molecule has 5 N–H and O–H groups in total. The van der Waals surface area contributed by atoms with Gasteiger partial charge >= 0.3 is 0 Å². The van der Waals surface area contributed by atoms with Crippen molar-refractivity contribution in [2.75, 3.05) is 25.4 Å². The van der Waals surface area contributed by atoms with Crippen LogP contribution < -0.4 is 5.32 Å². The Kier molecular flexibility index (Phi) is 13.8. The number of carbonyl (C=O) groups excluding carboxylic acids is 1. The smallest absolute Gasteiger partial charge is 0.266 e. The molecule has 0 rings (SSSR count). The van der Waals surface area contributed by atoms with Gasteiger partial charge in [-0.1, -0.05) is 6.58 Å². The first kappa shape index (κ1) is 26.2. The Labute approximate surface area is 150 Å². The van der Waals surface area contributed by atoms with Crippen molar-refractivity contribution in [1.82, 2.24) is 10.2 Å². The zero-order valence-corrected chi connectivity index (χ0v) is 16.1. The van der Waals surface area contributed by atoms with Gasteiger partial charge in [0, 0.05) is 25.7 Å². The largest absolute Gasteiger partial charge is 0.392 e. The van der Waals surface area contributed by atoms with E-state index >= 15 is 0 Å². The molecule has 0 saturated carbocycles. The lowest BCUT2D eigenvalue weighted by atomic mass is 10.2. The van der Waals surface area contributed by atoms with Gasteiger partial charge in [0.25, 0.3) is 10.1 Å². The number of hydrogen-bond donors (Lipinski definition) is 5. The fourth-order valence-electron chi connectivity index (χ4n) is 2.00. The number of amides is 1. The van der Waals surface area contributed by atoms with E-state index < -0.39 is 46.1 Å². The predicted molar refractivity (Wildman–Crippen MR) is 95.7 cm³/mol. The van der Waals surface area contributed by atoms with Crippen LogP contribution >= 0.6 is 0 Å². The van der Waals surface area contributed by atoms with Crippen molar-refractivity contribution in [2.45, 2.75) is 52.0 Å². The molecule has 0 heterocycles. The number of nitrogens with one attached hydrogen (secondary N) is 1.